The lowest BCUT2D eigenvalue weighted by Crippen LogP contribution is -2.55. The Kier molecular flexibility index (Phi) is 5.57. The van der Waals surface area contributed by atoms with Crippen LogP contribution in [0.4, 0.5) is 4.79 Å². The van der Waals surface area contributed by atoms with Crippen molar-refractivity contribution in [3.8, 4) is 0 Å². The highest BCUT2D eigenvalue weighted by molar-refractivity contribution is 7.99. The van der Waals surface area contributed by atoms with Crippen LogP contribution in [-0.4, -0.2) is 64.1 Å². The van der Waals surface area contributed by atoms with E-state index in [1.165, 1.54) is 12.8 Å². The smallest absolute Gasteiger partial charge is 0.327 e. The summed E-state index contributed by atoms with van der Waals surface area (Å²) in [6, 6.07) is -0.735. The number of carbonyl (C=O) groups excluding carboxylic acids is 1. The highest BCUT2D eigenvalue weighted by atomic mass is 32.2. The van der Waals surface area contributed by atoms with Crippen LogP contribution in [0.15, 0.2) is 0 Å². The number of carbonyl (C=O) groups is 2. The molecule has 6 heteroatoms. The number of aliphatic carboxylic acids is 1. The number of urea groups is 1. The second-order valence-corrected chi connectivity index (χ2v) is 6.75. The first-order valence-electron chi connectivity index (χ1n) is 7.49. The second-order valence-electron chi connectivity index (χ2n) is 5.60. The fraction of sp³-hybridized carbons (Fsp3) is 0.857. The van der Waals surface area contributed by atoms with E-state index in [0.29, 0.717) is 18.2 Å². The average Bonchev–Trinajstić information content (AvgIpc) is 2.71. The predicted octanol–water partition coefficient (Wildman–Crippen LogP) is 2.12. The third kappa shape index (κ3) is 3.59. The third-order valence-electron chi connectivity index (χ3n) is 4.35. The van der Waals surface area contributed by atoms with Gasteiger partial charge in [0.05, 0.1) is 0 Å². The van der Waals surface area contributed by atoms with Crippen molar-refractivity contribution in [3.63, 3.8) is 0 Å². The van der Waals surface area contributed by atoms with Crippen molar-refractivity contribution >= 4 is 23.8 Å². The number of rotatable bonds is 2. The van der Waals surface area contributed by atoms with Crippen LogP contribution < -0.4 is 0 Å². The highest BCUT2D eigenvalue weighted by Crippen LogP contribution is 2.23. The van der Waals surface area contributed by atoms with Gasteiger partial charge in [-0.3, -0.25) is 0 Å². The van der Waals surface area contributed by atoms with Crippen molar-refractivity contribution in [2.45, 2.75) is 38.6 Å². The van der Waals surface area contributed by atoms with Gasteiger partial charge >= 0.3 is 12.0 Å². The molecule has 2 saturated heterocycles. The normalized spacial score (nSPS) is 28.1. The van der Waals surface area contributed by atoms with Crippen LogP contribution in [-0.2, 0) is 4.79 Å². The quantitative estimate of drug-likeness (QED) is 0.848. The van der Waals surface area contributed by atoms with Crippen LogP contribution in [0.25, 0.3) is 0 Å². The van der Waals surface area contributed by atoms with Crippen molar-refractivity contribution in [3.05, 3.63) is 0 Å². The van der Waals surface area contributed by atoms with Crippen molar-refractivity contribution < 1.29 is 14.7 Å². The Morgan fingerprint density at radius 1 is 1.25 bits per heavy atom. The van der Waals surface area contributed by atoms with Gasteiger partial charge in [0.1, 0.15) is 6.04 Å². The summed E-state index contributed by atoms with van der Waals surface area (Å²) in [5.41, 5.74) is 0. The van der Waals surface area contributed by atoms with Gasteiger partial charge in [0.25, 0.3) is 0 Å². The average molecular weight is 300 g/mol. The molecule has 5 nitrogen and oxygen atoms in total. The maximum absolute atomic E-state index is 12.6. The molecule has 2 aliphatic heterocycles. The van der Waals surface area contributed by atoms with Crippen molar-refractivity contribution in [2.24, 2.45) is 5.92 Å². The number of likely N-dealkylation sites (tertiary alicyclic amines) is 1. The molecule has 1 N–H and O–H groups in total. The summed E-state index contributed by atoms with van der Waals surface area (Å²) in [7, 11) is 0. The number of hydrogen-bond donors (Lipinski definition) is 1. The number of carboxylic acids is 1. The van der Waals surface area contributed by atoms with E-state index in [4.69, 9.17) is 0 Å². The number of thioether (sulfide) groups is 1. The van der Waals surface area contributed by atoms with Crippen molar-refractivity contribution in [2.75, 3.05) is 31.1 Å². The number of hydrogen-bond acceptors (Lipinski definition) is 3. The molecule has 114 valence electrons. The standard InChI is InChI=1S/C14H24N2O3S/c1-2-11-4-3-6-15(7-5-11)14(19)16-8-9-20-10-12(16)13(17)18/h11-12H,2-10H2,1H3,(H,17,18). The zero-order valence-corrected chi connectivity index (χ0v) is 12.9. The van der Waals surface area contributed by atoms with Crippen LogP contribution in [0.2, 0.25) is 0 Å². The minimum atomic E-state index is -0.883. The van der Waals surface area contributed by atoms with E-state index in [1.807, 2.05) is 4.90 Å². The highest BCUT2D eigenvalue weighted by Gasteiger charge is 2.35. The molecule has 2 amide bonds. The van der Waals surface area contributed by atoms with Crippen molar-refractivity contribution in [1.82, 2.24) is 9.80 Å². The van der Waals surface area contributed by atoms with Crippen LogP contribution in [0.5, 0.6) is 0 Å². The summed E-state index contributed by atoms with van der Waals surface area (Å²) in [5.74, 6) is 1.17. The predicted molar refractivity (Wildman–Crippen MR) is 80.1 cm³/mol. The van der Waals surface area contributed by atoms with E-state index in [9.17, 15) is 14.7 Å². The second kappa shape index (κ2) is 7.20. The number of nitrogens with zero attached hydrogens (tertiary/aromatic N) is 2. The van der Waals surface area contributed by atoms with E-state index in [2.05, 4.69) is 6.92 Å². The van der Waals surface area contributed by atoms with E-state index in [0.717, 1.165) is 31.7 Å². The van der Waals surface area contributed by atoms with Gasteiger partial charge in [-0.2, -0.15) is 11.8 Å². The SMILES string of the molecule is CCC1CCCN(C(=O)N2CCSCC2C(=O)O)CC1. The first-order valence-corrected chi connectivity index (χ1v) is 8.65. The summed E-state index contributed by atoms with van der Waals surface area (Å²) in [6.07, 6.45) is 4.42. The fourth-order valence-electron chi connectivity index (χ4n) is 2.98. The van der Waals surface area contributed by atoms with Crippen LogP contribution >= 0.6 is 11.8 Å². The molecule has 0 aliphatic carbocycles. The molecule has 0 spiro atoms. The molecule has 2 atom stereocenters. The van der Waals surface area contributed by atoms with Gasteiger partial charge in [-0.1, -0.05) is 13.3 Å². The molecule has 0 aromatic carbocycles. The Labute approximate surface area is 124 Å². The summed E-state index contributed by atoms with van der Waals surface area (Å²) in [5, 5.41) is 9.27. The van der Waals surface area contributed by atoms with Gasteiger partial charge in [0, 0.05) is 31.1 Å². The molecule has 0 aromatic heterocycles. The monoisotopic (exact) mass is 300 g/mol. The summed E-state index contributed by atoms with van der Waals surface area (Å²) >= 11 is 1.61. The Hall–Kier alpha value is -0.910. The molecule has 2 aliphatic rings. The van der Waals surface area contributed by atoms with Crippen LogP contribution in [0, 0.1) is 5.92 Å². The molecule has 20 heavy (non-hydrogen) atoms. The maximum Gasteiger partial charge on any atom is 0.327 e. The van der Waals surface area contributed by atoms with E-state index in [-0.39, 0.29) is 6.03 Å². The summed E-state index contributed by atoms with van der Waals surface area (Å²) < 4.78 is 0. The van der Waals surface area contributed by atoms with Crippen LogP contribution in [0.3, 0.4) is 0 Å². The zero-order chi connectivity index (χ0) is 14.5. The van der Waals surface area contributed by atoms with Gasteiger partial charge in [-0.25, -0.2) is 9.59 Å². The minimum absolute atomic E-state index is 0.0746. The fourth-order valence-corrected chi connectivity index (χ4v) is 4.02. The van der Waals surface area contributed by atoms with Crippen molar-refractivity contribution in [1.29, 1.82) is 0 Å². The molecule has 0 aromatic rings. The lowest BCUT2D eigenvalue weighted by atomic mass is 9.98. The van der Waals surface area contributed by atoms with Gasteiger partial charge in [0.15, 0.2) is 0 Å². The largest absolute Gasteiger partial charge is 0.480 e. The molecule has 2 heterocycles. The summed E-state index contributed by atoms with van der Waals surface area (Å²) in [6.45, 7) is 4.29. The first kappa shape index (κ1) is 15.5. The molecule has 0 radical (unpaired) electrons. The zero-order valence-electron chi connectivity index (χ0n) is 12.1. The Balaban J connectivity index is 1.99. The molecular weight excluding hydrogens is 276 g/mol. The molecule has 0 saturated carbocycles. The molecule has 2 rings (SSSR count). The molecule has 2 fully saturated rings. The Morgan fingerprint density at radius 3 is 2.75 bits per heavy atom. The topological polar surface area (TPSA) is 60.9 Å². The minimum Gasteiger partial charge on any atom is -0.480 e. The van der Waals surface area contributed by atoms with E-state index >= 15 is 0 Å². The van der Waals surface area contributed by atoms with Gasteiger partial charge in [0.2, 0.25) is 0 Å². The van der Waals surface area contributed by atoms with E-state index in [1.54, 1.807) is 16.7 Å². The van der Waals surface area contributed by atoms with Crippen LogP contribution in [0.1, 0.15) is 32.6 Å². The van der Waals surface area contributed by atoms with Gasteiger partial charge in [-0.15, -0.1) is 0 Å². The van der Waals surface area contributed by atoms with Gasteiger partial charge in [-0.05, 0) is 25.2 Å². The molecule has 2 unspecified atom stereocenters. The first-order chi connectivity index (χ1) is 9.63. The number of amides is 2. The Bertz CT molecular complexity index is 364. The third-order valence-corrected chi connectivity index (χ3v) is 5.38. The maximum atomic E-state index is 12.6. The number of carboxylic acid groups (broad SMARTS) is 1. The molecule has 0 bridgehead atoms. The van der Waals surface area contributed by atoms with E-state index < -0.39 is 12.0 Å². The lowest BCUT2D eigenvalue weighted by Gasteiger charge is -2.36. The molecular formula is C14H24N2O3S. The Morgan fingerprint density at radius 2 is 2.05 bits per heavy atom. The summed E-state index contributed by atoms with van der Waals surface area (Å²) in [4.78, 5) is 27.3. The lowest BCUT2D eigenvalue weighted by molar-refractivity contribution is -0.141. The van der Waals surface area contributed by atoms with Gasteiger partial charge < -0.3 is 14.9 Å².